The average Bonchev–Trinajstić information content (AvgIpc) is 0.715. The zero-order valence-electron chi connectivity index (χ0n) is 74.6. The van der Waals surface area contributed by atoms with Crippen molar-refractivity contribution in [1.29, 1.82) is 0 Å². The summed E-state index contributed by atoms with van der Waals surface area (Å²) in [6.45, 7) is 19.8. The van der Waals surface area contributed by atoms with Gasteiger partial charge < -0.3 is 93.8 Å². The molecule has 0 unspecified atom stereocenters. The zero-order chi connectivity index (χ0) is 103. The molecule has 8 N–H and O–H groups in total. The molecule has 0 amide bonds. The van der Waals surface area contributed by atoms with Crippen molar-refractivity contribution in [1.82, 2.24) is 9.80 Å². The van der Waals surface area contributed by atoms with Crippen molar-refractivity contribution in [2.45, 2.75) is 104 Å². The van der Waals surface area contributed by atoms with Gasteiger partial charge in [-0.3, -0.25) is 9.44 Å². The predicted octanol–water partition coefficient (Wildman–Crippen LogP) is 19.3. The number of piperazine rings is 1. The fraction of sp³-hybridized carbons (Fsp3) is 0.494. The molecule has 1 saturated heterocycles. The molecule has 0 radical (unpaired) electrons. The second-order valence-corrected chi connectivity index (χ2v) is 26.1. The fourth-order valence-electron chi connectivity index (χ4n) is 9.08. The smallest absolute Gasteiger partial charge is 0.411 e. The Kier molecular flexibility index (Phi) is 71.4. The maximum Gasteiger partial charge on any atom is 0.411 e. The van der Waals surface area contributed by atoms with Crippen LogP contribution in [0.15, 0.2) is 205 Å². The van der Waals surface area contributed by atoms with E-state index in [2.05, 4.69) is 88.2 Å². The summed E-state index contributed by atoms with van der Waals surface area (Å²) in [5, 5.41) is 73.3. The van der Waals surface area contributed by atoms with Crippen LogP contribution in [0.2, 0.25) is 0 Å². The van der Waals surface area contributed by atoms with Gasteiger partial charge in [-0.1, -0.05) is 123 Å². The van der Waals surface area contributed by atoms with Crippen LogP contribution in [0.25, 0.3) is 10.6 Å². The number of hydrogen-bond donors (Lipinski definition) is 8. The Balaban J connectivity index is -0.000000232. The number of aliphatic hydroxyl groups is 5. The van der Waals surface area contributed by atoms with E-state index >= 15 is 0 Å². The number of aromatic hydroxyl groups is 3. The Bertz CT molecular complexity index is 3840. The number of methoxy groups -OCH3 is 1. The number of ether oxygens (including phenoxy) is 9. The van der Waals surface area contributed by atoms with Crippen LogP contribution in [0.4, 0.5) is 123 Å². The fourth-order valence-corrected chi connectivity index (χ4v) is 9.08. The van der Waals surface area contributed by atoms with Gasteiger partial charge in [0.1, 0.15) is 76.7 Å². The summed E-state index contributed by atoms with van der Waals surface area (Å²) < 4.78 is 389. The molecule has 1 aliphatic heterocycles. The second-order valence-electron chi connectivity index (χ2n) is 26.1. The monoisotopic (exact) mass is 2790 g/mol. The molecule has 0 aromatic heterocycles. The molecule has 778 valence electrons. The zero-order valence-corrected chi connectivity index (χ0v) is 93.8. The molecule has 52 heteroatoms. The van der Waals surface area contributed by atoms with Gasteiger partial charge in [0.2, 0.25) is 17.5 Å². The van der Waals surface area contributed by atoms with Gasteiger partial charge in [0.25, 0.3) is 5.92 Å². The number of aliphatic hydroxyl groups excluding tert-OH is 5. The quantitative estimate of drug-likeness (QED) is 0.00670. The third-order valence-corrected chi connectivity index (χ3v) is 15.5. The van der Waals surface area contributed by atoms with E-state index in [1.54, 1.807) is 30.4 Å². The molecule has 137 heavy (non-hydrogen) atoms. The molecular formula is C85H111F28N4O17Rf3-3. The predicted molar refractivity (Wildman–Crippen MR) is 443 cm³/mol. The Labute approximate surface area is 756 Å². The van der Waals surface area contributed by atoms with Crippen LogP contribution in [0.1, 0.15) is 35.6 Å². The third kappa shape index (κ3) is 55.1. The first kappa shape index (κ1) is 140. The maximum absolute atomic E-state index is 13.8. The van der Waals surface area contributed by atoms with Gasteiger partial charge in [0.15, 0.2) is 17.4 Å². The molecule has 0 bridgehead atoms. The van der Waals surface area contributed by atoms with E-state index in [4.69, 9.17) is 44.5 Å². The minimum atomic E-state index is -5.88. The van der Waals surface area contributed by atoms with E-state index in [9.17, 15) is 134 Å². The summed E-state index contributed by atoms with van der Waals surface area (Å²) in [6.07, 6.45) is -7.05. The third-order valence-electron chi connectivity index (χ3n) is 15.5. The van der Waals surface area contributed by atoms with Crippen LogP contribution in [0, 0.1) is 6.17 Å². The van der Waals surface area contributed by atoms with E-state index < -0.39 is 167 Å². The van der Waals surface area contributed by atoms with Gasteiger partial charge >= 0.3 is 48.5 Å². The van der Waals surface area contributed by atoms with E-state index in [1.165, 1.54) is 44.4 Å². The summed E-state index contributed by atoms with van der Waals surface area (Å²) in [5.74, 6) is -16.5. The minimum absolute atomic E-state index is 0. The average molecular weight is 2790 g/mol. The van der Waals surface area contributed by atoms with Crippen molar-refractivity contribution < 1.29 is 207 Å². The number of para-hydroxylation sites is 1. The number of phenolic OH excluding ortho intramolecular Hbond substituents is 3. The van der Waals surface area contributed by atoms with Gasteiger partial charge in [-0.2, -0.15) is 79.0 Å². The van der Waals surface area contributed by atoms with Gasteiger partial charge in [-0.05, 0) is 77.6 Å². The largest absolute Gasteiger partial charge is 0.659 e. The van der Waals surface area contributed by atoms with E-state index in [0.717, 1.165) is 76.7 Å². The standard InChI is InChI=1S/C18H14F6O2.C11H18F4N2O2.C10H12O2.C9H10F8NO2.C9H10O.C8H12F3O.C7H10F4O3.C7H14NO2.C6H10F2O2.FH.3Rf/c1-2-11-26-15-9-5-13(6-10-15)16(17(19,20)21,18(22,23)24)12-3-7-14(25)8-4-12;1-2-7-19-9-11(14,15)17-5-3-16(4-6-17)10(12,13)8-18;1-3-4-8-5-6-9(11)10(7-8)12-2;1-2-3-20-5-7(12,13)9(16,17)18-8(14,15)6(10,11)4-19;1-2-5-8-6-3-4-7-9(8)10;1-3-5-12-6-8(10,11)7(9)4-2;1-2-3-13-5-7(10,11)14-6(8,9)4-12;1-2-6-10-7-4-8-3-5-9;1-2-3-10-5-6(7,8)4-9;;;;/h2-10,25H,1,11H2;2,18H,1,3-9H2;3,5-7,11H,1,4H2,2H3;2,19H,1,3-5H2;2-4,6-7,10H,1,5H2;3H,1,4-6H2,2H3;2,12H,1,3-5H2;2,9H,1,3-7H2;2,9H,1,3-5H2;1H;;;/q;;;-1;;-1;;-1;;;;;. The topological polar surface area (TPSA) is 280 Å². The van der Waals surface area contributed by atoms with Crippen LogP contribution in [-0.4, -0.2) is 288 Å². The van der Waals surface area contributed by atoms with E-state index in [-0.39, 0.29) is 88.4 Å². The molecule has 0 atom stereocenters. The van der Waals surface area contributed by atoms with Crippen molar-refractivity contribution in [2.75, 3.05) is 165 Å². The molecule has 21 nitrogen and oxygen atoms in total. The molecule has 1 aliphatic rings. The second kappa shape index (κ2) is 69.7. The molecule has 4 aromatic carbocycles. The summed E-state index contributed by atoms with van der Waals surface area (Å²) in [5.41, 5.74) is -4.29. The van der Waals surface area contributed by atoms with Gasteiger partial charge in [-0.25, -0.2) is 44.9 Å². The van der Waals surface area contributed by atoms with Crippen molar-refractivity contribution >= 4 is 0 Å². The van der Waals surface area contributed by atoms with E-state index in [0.29, 0.717) is 54.8 Å². The van der Waals surface area contributed by atoms with Crippen molar-refractivity contribution in [2.24, 2.45) is 0 Å². The van der Waals surface area contributed by atoms with Crippen LogP contribution in [0.3, 0.4) is 0 Å². The SMILES string of the molecule is C=CCOCC(F)(F)C(F)(F)[N-]C(F)(F)C(F)(F)CO.C=CCOCC(F)(F)CO.C=CCOCC(F)(F)N1CCN(C(F)(F)CO)CC1.C=CCOCC(F)(F)OC(F)(F)CO.C=CCOCC(F)(F)[C-](F)CC.C=CCOCC[N-]CCO.C=CCOc1ccc(C(c2ccc(O)cc2)(C(F)(F)F)C(F)(F)F)cc1.C=CCc1ccc(O)c(OC)c1.C=CCc1ccccc1O.F.[Rf].[Rf].[Rf]. The molecule has 0 saturated carbocycles. The number of nitrogens with zero attached hydrogens (tertiary/aromatic N) is 4. The summed E-state index contributed by atoms with van der Waals surface area (Å²) >= 11 is 0. The van der Waals surface area contributed by atoms with Gasteiger partial charge in [0.05, 0.1) is 53.4 Å². The number of phenols is 3. The Morgan fingerprint density at radius 2 is 0.854 bits per heavy atom. The number of benzene rings is 4. The van der Waals surface area contributed by atoms with Crippen molar-refractivity contribution in [3.05, 3.63) is 244 Å². The Hall–Kier alpha value is -12.1. The number of hydrogen-bond acceptors (Lipinski definition) is 19. The minimum Gasteiger partial charge on any atom is -0.659 e. The summed E-state index contributed by atoms with van der Waals surface area (Å²) in [7, 11) is 1.53. The van der Waals surface area contributed by atoms with Gasteiger partial charge in [0, 0.05) is 39.4 Å². The Morgan fingerprint density at radius 3 is 1.26 bits per heavy atom. The first-order valence-corrected chi connectivity index (χ1v) is 38.4. The molecule has 4 aromatic rings. The van der Waals surface area contributed by atoms with Crippen molar-refractivity contribution in [3.8, 4) is 28.7 Å². The molecular weight excluding hydrogens is 2680 g/mol. The number of halogens is 28. The van der Waals surface area contributed by atoms with E-state index in [1.807, 2.05) is 30.3 Å². The molecule has 0 spiro atoms. The van der Waals surface area contributed by atoms with Crippen LogP contribution >= 0.6 is 0 Å². The molecule has 0 aliphatic carbocycles. The number of rotatable bonds is 51. The molecule has 1 fully saturated rings. The molecule has 5 rings (SSSR count). The summed E-state index contributed by atoms with van der Waals surface area (Å²) in [6, 6.07) is 0.594. The maximum atomic E-state index is 13.8. The number of alkyl halides is 26. The number of allylic oxidation sites excluding steroid dienone is 2. The van der Waals surface area contributed by atoms with Crippen LogP contribution in [0.5, 0.6) is 28.7 Å². The normalized spacial score (nSPS) is 12.7. The first-order chi connectivity index (χ1) is 61.7. The Morgan fingerprint density at radius 1 is 0.431 bits per heavy atom. The van der Waals surface area contributed by atoms with Crippen LogP contribution in [-0.2, 0) is 51.4 Å². The van der Waals surface area contributed by atoms with Crippen LogP contribution < -0.4 is 9.47 Å². The first-order valence-electron chi connectivity index (χ1n) is 38.4. The summed E-state index contributed by atoms with van der Waals surface area (Å²) in [4.78, 5) is 1.50. The van der Waals surface area contributed by atoms with Crippen molar-refractivity contribution in [3.63, 3.8) is 0 Å². The van der Waals surface area contributed by atoms with Gasteiger partial charge in [-0.15, -0.1) is 72.1 Å². The molecule has 1 heterocycles.